The molecule has 0 aliphatic carbocycles. The first-order valence-electron chi connectivity index (χ1n) is 5.96. The van der Waals surface area contributed by atoms with Crippen molar-refractivity contribution in [2.45, 2.75) is 31.0 Å². The Morgan fingerprint density at radius 1 is 1.24 bits per heavy atom. The molecule has 1 fully saturated rings. The molecule has 2 N–H and O–H groups in total. The average Bonchev–Trinajstić information content (AvgIpc) is 2.32. The Labute approximate surface area is 108 Å². The molecule has 0 aromatic heterocycles. The summed E-state index contributed by atoms with van der Waals surface area (Å²) in [5.41, 5.74) is 0.777. The molecule has 17 heavy (non-hydrogen) atoms. The van der Waals surface area contributed by atoms with Crippen LogP contribution in [0.2, 0.25) is 0 Å². The van der Waals surface area contributed by atoms with Crippen LogP contribution in [0.4, 0.5) is 0 Å². The van der Waals surface area contributed by atoms with Gasteiger partial charge in [-0.1, -0.05) is 18.2 Å². The maximum absolute atomic E-state index is 10.3. The van der Waals surface area contributed by atoms with Gasteiger partial charge in [0.25, 0.3) is 0 Å². The smallest absolute Gasteiger partial charge is 0.137 e. The number of aliphatic hydroxyl groups excluding tert-OH is 1. The molecule has 2 heterocycles. The van der Waals surface area contributed by atoms with Gasteiger partial charge >= 0.3 is 0 Å². The Morgan fingerprint density at radius 2 is 1.94 bits per heavy atom. The summed E-state index contributed by atoms with van der Waals surface area (Å²) in [6.45, 7) is 1.86. The van der Waals surface area contributed by atoms with Crippen molar-refractivity contribution in [1.82, 2.24) is 5.32 Å². The summed E-state index contributed by atoms with van der Waals surface area (Å²) in [5.74, 6) is 0.953. The fourth-order valence-corrected chi connectivity index (χ4v) is 2.74. The highest BCUT2D eigenvalue weighted by atomic mass is 35.5. The number of hydrogen-bond donors (Lipinski definition) is 2. The summed E-state index contributed by atoms with van der Waals surface area (Å²) in [6, 6.07) is 8.03. The highest BCUT2D eigenvalue weighted by molar-refractivity contribution is 5.85. The number of para-hydroxylation sites is 1. The van der Waals surface area contributed by atoms with Crippen LogP contribution in [0, 0.1) is 0 Å². The summed E-state index contributed by atoms with van der Waals surface area (Å²) in [7, 11) is 0. The number of piperidine rings is 1. The van der Waals surface area contributed by atoms with Crippen LogP contribution >= 0.6 is 12.4 Å². The van der Waals surface area contributed by atoms with Crippen molar-refractivity contribution in [2.24, 2.45) is 0 Å². The lowest BCUT2D eigenvalue weighted by molar-refractivity contribution is -0.0841. The first-order chi connectivity index (χ1) is 7.80. The third kappa shape index (κ3) is 2.15. The summed E-state index contributed by atoms with van der Waals surface area (Å²) < 4.78 is 6.08. The zero-order valence-corrected chi connectivity index (χ0v) is 10.5. The Balaban J connectivity index is 0.00000108. The first-order valence-corrected chi connectivity index (χ1v) is 5.96. The predicted octanol–water partition coefficient (Wildman–Crippen LogP) is 1.53. The minimum Gasteiger partial charge on any atom is -0.484 e. The highest BCUT2D eigenvalue weighted by Gasteiger charge is 2.44. The van der Waals surface area contributed by atoms with E-state index >= 15 is 0 Å². The molecule has 1 saturated heterocycles. The van der Waals surface area contributed by atoms with Gasteiger partial charge in [-0.3, -0.25) is 0 Å². The number of benzene rings is 1. The van der Waals surface area contributed by atoms with Gasteiger partial charge in [-0.25, -0.2) is 0 Å². The molecule has 0 radical (unpaired) electrons. The molecule has 4 heteroatoms. The van der Waals surface area contributed by atoms with E-state index in [0.29, 0.717) is 0 Å². The summed E-state index contributed by atoms with van der Waals surface area (Å²) >= 11 is 0. The monoisotopic (exact) mass is 255 g/mol. The number of nitrogens with one attached hydrogen (secondary N) is 1. The van der Waals surface area contributed by atoms with Gasteiger partial charge in [0.15, 0.2) is 0 Å². The Morgan fingerprint density at radius 3 is 2.71 bits per heavy atom. The van der Waals surface area contributed by atoms with E-state index < -0.39 is 0 Å². The molecule has 2 aliphatic heterocycles. The summed E-state index contributed by atoms with van der Waals surface area (Å²) in [5, 5.41) is 13.6. The maximum atomic E-state index is 10.3. The van der Waals surface area contributed by atoms with Crippen molar-refractivity contribution in [3.8, 4) is 5.75 Å². The van der Waals surface area contributed by atoms with E-state index in [0.717, 1.165) is 43.7 Å². The molecule has 1 aromatic rings. The quantitative estimate of drug-likeness (QED) is 0.739. The molecular formula is C13H18ClNO2. The number of hydrogen-bond acceptors (Lipinski definition) is 3. The molecular weight excluding hydrogens is 238 g/mol. The van der Waals surface area contributed by atoms with Crippen LogP contribution in [-0.2, 0) is 6.42 Å². The topological polar surface area (TPSA) is 41.5 Å². The second kappa shape index (κ2) is 4.84. The van der Waals surface area contributed by atoms with Crippen LogP contribution < -0.4 is 10.1 Å². The van der Waals surface area contributed by atoms with Gasteiger partial charge in [0, 0.05) is 19.3 Å². The Hall–Kier alpha value is -0.770. The number of ether oxygens (including phenoxy) is 1. The van der Waals surface area contributed by atoms with E-state index in [1.807, 2.05) is 24.3 Å². The van der Waals surface area contributed by atoms with E-state index in [9.17, 15) is 5.11 Å². The second-order valence-corrected chi connectivity index (χ2v) is 4.74. The Bertz CT molecular complexity index is 391. The van der Waals surface area contributed by atoms with Gasteiger partial charge in [0.1, 0.15) is 11.4 Å². The van der Waals surface area contributed by atoms with Crippen LogP contribution in [0.15, 0.2) is 24.3 Å². The predicted molar refractivity (Wildman–Crippen MR) is 68.9 cm³/mol. The van der Waals surface area contributed by atoms with Crippen molar-refractivity contribution >= 4 is 12.4 Å². The molecule has 1 spiro atoms. The van der Waals surface area contributed by atoms with Crippen LogP contribution in [0.1, 0.15) is 18.4 Å². The van der Waals surface area contributed by atoms with Gasteiger partial charge < -0.3 is 15.2 Å². The number of rotatable bonds is 0. The van der Waals surface area contributed by atoms with Crippen molar-refractivity contribution < 1.29 is 9.84 Å². The molecule has 0 amide bonds. The van der Waals surface area contributed by atoms with Crippen molar-refractivity contribution in [1.29, 1.82) is 0 Å². The van der Waals surface area contributed by atoms with E-state index in [1.165, 1.54) is 0 Å². The number of aliphatic hydroxyl groups is 1. The van der Waals surface area contributed by atoms with Crippen LogP contribution in [0.3, 0.4) is 0 Å². The molecule has 3 nitrogen and oxygen atoms in total. The summed E-state index contributed by atoms with van der Waals surface area (Å²) in [6.07, 6.45) is 2.13. The van der Waals surface area contributed by atoms with Crippen LogP contribution in [-0.4, -0.2) is 29.9 Å². The molecule has 0 bridgehead atoms. The minimum atomic E-state index is -0.371. The highest BCUT2D eigenvalue weighted by Crippen LogP contribution is 2.38. The standard InChI is InChI=1S/C13H17NO2.ClH/c15-12-9-10-3-1-2-4-11(10)16-13(12)5-7-14-8-6-13;/h1-4,12,14-15H,5-9H2;1H. The lowest BCUT2D eigenvalue weighted by Crippen LogP contribution is -2.56. The lowest BCUT2D eigenvalue weighted by Gasteiger charge is -2.44. The van der Waals surface area contributed by atoms with E-state index in [-0.39, 0.29) is 24.1 Å². The third-order valence-corrected chi connectivity index (χ3v) is 3.76. The van der Waals surface area contributed by atoms with Crippen molar-refractivity contribution in [2.75, 3.05) is 13.1 Å². The molecule has 3 rings (SSSR count). The fraction of sp³-hybridized carbons (Fsp3) is 0.538. The average molecular weight is 256 g/mol. The van der Waals surface area contributed by atoms with Gasteiger partial charge in [-0.05, 0) is 24.7 Å². The minimum absolute atomic E-state index is 0. The lowest BCUT2D eigenvalue weighted by atomic mass is 9.81. The molecule has 1 aromatic carbocycles. The largest absolute Gasteiger partial charge is 0.484 e. The fourth-order valence-electron chi connectivity index (χ4n) is 2.74. The van der Waals surface area contributed by atoms with Gasteiger partial charge in [-0.15, -0.1) is 12.4 Å². The SMILES string of the molecule is Cl.OC1Cc2ccccc2OC12CCNCC2. The van der Waals surface area contributed by atoms with E-state index in [1.54, 1.807) is 0 Å². The summed E-state index contributed by atoms with van der Waals surface area (Å²) in [4.78, 5) is 0. The normalized spacial score (nSPS) is 25.6. The maximum Gasteiger partial charge on any atom is 0.137 e. The zero-order chi connectivity index (χ0) is 11.0. The van der Waals surface area contributed by atoms with Crippen LogP contribution in [0.5, 0.6) is 5.75 Å². The molecule has 1 unspecified atom stereocenters. The van der Waals surface area contributed by atoms with E-state index in [2.05, 4.69) is 5.32 Å². The van der Waals surface area contributed by atoms with Gasteiger partial charge in [-0.2, -0.15) is 0 Å². The molecule has 0 saturated carbocycles. The zero-order valence-electron chi connectivity index (χ0n) is 9.69. The first kappa shape index (κ1) is 12.7. The molecule has 94 valence electrons. The van der Waals surface area contributed by atoms with Gasteiger partial charge in [0.2, 0.25) is 0 Å². The molecule has 2 aliphatic rings. The van der Waals surface area contributed by atoms with E-state index in [4.69, 9.17) is 4.74 Å². The van der Waals surface area contributed by atoms with Crippen molar-refractivity contribution in [3.63, 3.8) is 0 Å². The van der Waals surface area contributed by atoms with Crippen molar-refractivity contribution in [3.05, 3.63) is 29.8 Å². The number of fused-ring (bicyclic) bond motifs is 1. The third-order valence-electron chi connectivity index (χ3n) is 3.76. The Kier molecular flexibility index (Phi) is 3.61. The second-order valence-electron chi connectivity index (χ2n) is 4.74. The van der Waals surface area contributed by atoms with Gasteiger partial charge in [0.05, 0.1) is 6.10 Å². The van der Waals surface area contributed by atoms with Crippen LogP contribution in [0.25, 0.3) is 0 Å². The number of halogens is 1. The molecule has 1 atom stereocenters.